The summed E-state index contributed by atoms with van der Waals surface area (Å²) in [6.07, 6.45) is 1.15. The maximum atomic E-state index is 12.4. The maximum Gasteiger partial charge on any atom is 0.273 e. The molecule has 1 fully saturated rings. The molecule has 0 atom stereocenters. The lowest BCUT2D eigenvalue weighted by molar-refractivity contribution is -0.123. The summed E-state index contributed by atoms with van der Waals surface area (Å²) in [5.74, 6) is -0.467. The lowest BCUT2D eigenvalue weighted by Gasteiger charge is -2.25. The van der Waals surface area contributed by atoms with Crippen molar-refractivity contribution in [2.75, 3.05) is 31.2 Å². The molecule has 0 radical (unpaired) electrons. The van der Waals surface area contributed by atoms with E-state index in [1.165, 1.54) is 28.4 Å². The van der Waals surface area contributed by atoms with E-state index in [0.717, 1.165) is 6.26 Å². The van der Waals surface area contributed by atoms with Crippen LogP contribution in [0.15, 0.2) is 34.5 Å². The van der Waals surface area contributed by atoms with Gasteiger partial charge in [-0.3, -0.25) is 9.59 Å². The Morgan fingerprint density at radius 1 is 1.32 bits per heavy atom. The van der Waals surface area contributed by atoms with E-state index < -0.39 is 9.84 Å². The van der Waals surface area contributed by atoms with Crippen LogP contribution < -0.4 is 10.6 Å². The van der Waals surface area contributed by atoms with Crippen molar-refractivity contribution in [1.82, 2.24) is 15.2 Å². The van der Waals surface area contributed by atoms with E-state index in [1.807, 2.05) is 0 Å². The van der Waals surface area contributed by atoms with Gasteiger partial charge in [-0.2, -0.15) is 0 Å². The topological polar surface area (TPSA) is 108 Å². The van der Waals surface area contributed by atoms with Gasteiger partial charge in [0.05, 0.1) is 11.4 Å². The molecule has 0 unspecified atom stereocenters. The van der Waals surface area contributed by atoms with E-state index in [-0.39, 0.29) is 28.9 Å². The van der Waals surface area contributed by atoms with Gasteiger partial charge in [-0.25, -0.2) is 13.4 Å². The molecule has 1 aromatic carbocycles. The van der Waals surface area contributed by atoms with Gasteiger partial charge >= 0.3 is 0 Å². The molecule has 2 aromatic rings. The van der Waals surface area contributed by atoms with Crippen LogP contribution in [0, 0.1) is 0 Å². The van der Waals surface area contributed by atoms with Gasteiger partial charge in [0.15, 0.2) is 15.0 Å². The number of aromatic nitrogens is 1. The maximum absolute atomic E-state index is 12.4. The highest BCUT2D eigenvalue weighted by Crippen LogP contribution is 2.23. The molecule has 1 saturated heterocycles. The van der Waals surface area contributed by atoms with E-state index in [1.54, 1.807) is 17.5 Å². The average Bonchev–Trinajstić information content (AvgIpc) is 3.02. The second-order valence-corrected chi connectivity index (χ2v) is 8.41. The highest BCUT2D eigenvalue weighted by Gasteiger charge is 2.24. The molecule has 10 heteroatoms. The Morgan fingerprint density at radius 3 is 2.68 bits per heavy atom. The zero-order valence-electron chi connectivity index (χ0n) is 13.4. The molecule has 0 bridgehead atoms. The van der Waals surface area contributed by atoms with Crippen LogP contribution in [0.1, 0.15) is 10.5 Å². The number of sulfone groups is 1. The minimum Gasteiger partial charge on any atom is -0.353 e. The van der Waals surface area contributed by atoms with E-state index in [0.29, 0.717) is 23.9 Å². The third-order valence-electron chi connectivity index (χ3n) is 3.58. The molecule has 1 aliphatic rings. The predicted octanol–water partition coefficient (Wildman–Crippen LogP) is 0.862. The first kappa shape index (κ1) is 17.4. The Balaban J connectivity index is 1.69. The van der Waals surface area contributed by atoms with Gasteiger partial charge in [-0.1, -0.05) is 0 Å². The smallest absolute Gasteiger partial charge is 0.273 e. The fourth-order valence-corrected chi connectivity index (χ4v) is 3.65. The number of thiazole rings is 1. The largest absolute Gasteiger partial charge is 0.353 e. The Kier molecular flexibility index (Phi) is 4.73. The van der Waals surface area contributed by atoms with Crippen LogP contribution >= 0.6 is 11.3 Å². The summed E-state index contributed by atoms with van der Waals surface area (Å²) in [5.41, 5.74) is 0.938. The number of nitrogens with one attached hydrogen (secondary N) is 2. The molecule has 25 heavy (non-hydrogen) atoms. The molecule has 0 aliphatic carbocycles. The molecule has 1 aromatic heterocycles. The summed E-state index contributed by atoms with van der Waals surface area (Å²) in [6, 6.07) is 6.27. The second-order valence-electron chi connectivity index (χ2n) is 5.54. The van der Waals surface area contributed by atoms with Gasteiger partial charge in [0, 0.05) is 30.4 Å². The molecule has 1 aliphatic heterocycles. The Hall–Kier alpha value is -2.46. The fourth-order valence-electron chi connectivity index (χ4n) is 2.31. The van der Waals surface area contributed by atoms with Crippen molar-refractivity contribution in [3.05, 3.63) is 35.3 Å². The number of amides is 2. The summed E-state index contributed by atoms with van der Waals surface area (Å²) in [7, 11) is -3.24. The molecule has 2 heterocycles. The second kappa shape index (κ2) is 6.81. The van der Waals surface area contributed by atoms with Crippen molar-refractivity contribution in [2.45, 2.75) is 4.90 Å². The third kappa shape index (κ3) is 4.15. The highest BCUT2D eigenvalue weighted by atomic mass is 32.2. The van der Waals surface area contributed by atoms with Crippen molar-refractivity contribution in [3.63, 3.8) is 0 Å². The summed E-state index contributed by atoms with van der Waals surface area (Å²) >= 11 is 1.26. The van der Waals surface area contributed by atoms with Gasteiger partial charge < -0.3 is 15.5 Å². The normalized spacial score (nSPS) is 14.9. The van der Waals surface area contributed by atoms with Crippen molar-refractivity contribution in [2.24, 2.45) is 0 Å². The lowest BCUT2D eigenvalue weighted by Crippen LogP contribution is -2.50. The van der Waals surface area contributed by atoms with E-state index in [4.69, 9.17) is 0 Å². The highest BCUT2D eigenvalue weighted by molar-refractivity contribution is 7.90. The average molecular weight is 380 g/mol. The van der Waals surface area contributed by atoms with Crippen LogP contribution in [0.5, 0.6) is 0 Å². The SMILES string of the molecule is CS(=O)(=O)c1ccc(Nc2nc(C(=O)N3CCNC(=O)C3)cs2)cc1. The van der Waals surface area contributed by atoms with Gasteiger partial charge in [-0.05, 0) is 24.3 Å². The van der Waals surface area contributed by atoms with Gasteiger partial charge in [-0.15, -0.1) is 11.3 Å². The number of rotatable bonds is 4. The quantitative estimate of drug-likeness (QED) is 0.814. The summed E-state index contributed by atoms with van der Waals surface area (Å²) < 4.78 is 22.9. The summed E-state index contributed by atoms with van der Waals surface area (Å²) in [6.45, 7) is 0.927. The first-order valence-electron chi connectivity index (χ1n) is 7.41. The fraction of sp³-hybridized carbons (Fsp3) is 0.267. The minimum absolute atomic E-state index is 0.0338. The van der Waals surface area contributed by atoms with Crippen LogP contribution in [0.3, 0.4) is 0 Å². The number of carbonyl (C=O) groups is 2. The van der Waals surface area contributed by atoms with Crippen molar-refractivity contribution >= 4 is 43.8 Å². The Morgan fingerprint density at radius 2 is 2.04 bits per heavy atom. The Bertz CT molecular complexity index is 906. The number of anilines is 2. The first-order valence-corrected chi connectivity index (χ1v) is 10.2. The van der Waals surface area contributed by atoms with E-state index in [9.17, 15) is 18.0 Å². The predicted molar refractivity (Wildman–Crippen MR) is 93.9 cm³/mol. The molecule has 2 N–H and O–H groups in total. The molecule has 3 rings (SSSR count). The monoisotopic (exact) mass is 380 g/mol. The molecule has 8 nitrogen and oxygen atoms in total. The van der Waals surface area contributed by atoms with Crippen LogP contribution in [0.4, 0.5) is 10.8 Å². The number of carbonyl (C=O) groups excluding carboxylic acids is 2. The molecule has 0 saturated carbocycles. The number of benzene rings is 1. The molecule has 2 amide bonds. The summed E-state index contributed by atoms with van der Waals surface area (Å²) in [5, 5.41) is 7.84. The summed E-state index contributed by atoms with van der Waals surface area (Å²) in [4.78, 5) is 29.7. The number of nitrogens with zero attached hydrogens (tertiary/aromatic N) is 2. The van der Waals surface area contributed by atoms with Crippen LogP contribution in [0.2, 0.25) is 0 Å². The van der Waals surface area contributed by atoms with Gasteiger partial charge in [0.1, 0.15) is 5.69 Å². The molecular formula is C15H16N4O4S2. The van der Waals surface area contributed by atoms with E-state index in [2.05, 4.69) is 15.6 Å². The Labute approximate surface area is 148 Å². The molecule has 0 spiro atoms. The van der Waals surface area contributed by atoms with Crippen LogP contribution in [0.25, 0.3) is 0 Å². The number of piperazine rings is 1. The first-order chi connectivity index (χ1) is 11.8. The van der Waals surface area contributed by atoms with Gasteiger partial charge in [0.2, 0.25) is 5.91 Å². The van der Waals surface area contributed by atoms with Crippen molar-refractivity contribution in [3.8, 4) is 0 Å². The lowest BCUT2D eigenvalue weighted by atomic mass is 10.3. The zero-order chi connectivity index (χ0) is 18.0. The molecule has 132 valence electrons. The van der Waals surface area contributed by atoms with Gasteiger partial charge in [0.25, 0.3) is 5.91 Å². The standard InChI is InChI=1S/C15H16N4O4S2/c1-25(22,23)11-4-2-10(3-5-11)17-15-18-12(9-24-15)14(21)19-7-6-16-13(20)8-19/h2-5,9H,6-8H2,1H3,(H,16,20)(H,17,18). The molecular weight excluding hydrogens is 364 g/mol. The zero-order valence-corrected chi connectivity index (χ0v) is 15.0. The van der Waals surface area contributed by atoms with E-state index >= 15 is 0 Å². The van der Waals surface area contributed by atoms with Crippen LogP contribution in [-0.2, 0) is 14.6 Å². The van der Waals surface area contributed by atoms with Crippen LogP contribution in [-0.4, -0.2) is 56.0 Å². The number of hydrogen-bond acceptors (Lipinski definition) is 7. The van der Waals surface area contributed by atoms with Crippen molar-refractivity contribution in [1.29, 1.82) is 0 Å². The van der Waals surface area contributed by atoms with Crippen molar-refractivity contribution < 1.29 is 18.0 Å². The number of hydrogen-bond donors (Lipinski definition) is 2. The minimum atomic E-state index is -3.24. The third-order valence-corrected chi connectivity index (χ3v) is 5.47.